The Morgan fingerprint density at radius 3 is 2.63 bits per heavy atom. The van der Waals surface area contributed by atoms with Gasteiger partial charge in [0.05, 0.1) is 24.3 Å². The van der Waals surface area contributed by atoms with Crippen molar-refractivity contribution in [2.45, 2.75) is 0 Å². The third-order valence-electron chi connectivity index (χ3n) is 2.42. The third kappa shape index (κ3) is 3.62. The number of methoxy groups -OCH3 is 2. The maximum absolute atomic E-state index is 11.5. The van der Waals surface area contributed by atoms with E-state index in [4.69, 9.17) is 26.8 Å². The van der Waals surface area contributed by atoms with E-state index in [1.54, 1.807) is 19.2 Å². The summed E-state index contributed by atoms with van der Waals surface area (Å²) in [5.41, 5.74) is 6.55. The zero-order valence-corrected chi connectivity index (χ0v) is 11.6. The van der Waals surface area contributed by atoms with Crippen molar-refractivity contribution >= 4 is 28.8 Å². The van der Waals surface area contributed by atoms with Crippen molar-refractivity contribution in [2.75, 3.05) is 33.2 Å². The van der Waals surface area contributed by atoms with Crippen LogP contribution in [0.5, 0.6) is 5.75 Å². The number of carbonyl (C=O) groups is 1. The number of hydrogen-bond donors (Lipinski definition) is 1. The van der Waals surface area contributed by atoms with Gasteiger partial charge in [0.15, 0.2) is 0 Å². The van der Waals surface area contributed by atoms with E-state index in [2.05, 4.69) is 11.3 Å². The smallest absolute Gasteiger partial charge is 0.337 e. The molecule has 0 radical (unpaired) electrons. The summed E-state index contributed by atoms with van der Waals surface area (Å²) in [4.78, 5) is 11.5. The Kier molecular flexibility index (Phi) is 5.66. The van der Waals surface area contributed by atoms with E-state index in [1.807, 2.05) is 0 Å². The molecule has 1 aromatic rings. The molecule has 0 aliphatic heterocycles. The standard InChI is InChI=1S/C13H16ClNO4/c1-8(13(16)18-3)11-9(15)4-5-10(12(11)14)19-7-6-17-2/h4-5H,1,6-7,15H2,2-3H3. The number of nitrogens with two attached hydrogens (primary N) is 1. The molecule has 1 rings (SSSR count). The van der Waals surface area contributed by atoms with Crippen molar-refractivity contribution in [1.82, 2.24) is 0 Å². The van der Waals surface area contributed by atoms with Gasteiger partial charge in [-0.1, -0.05) is 18.2 Å². The van der Waals surface area contributed by atoms with Crippen LogP contribution in [0.2, 0.25) is 5.02 Å². The zero-order chi connectivity index (χ0) is 14.4. The van der Waals surface area contributed by atoms with Crippen LogP contribution >= 0.6 is 11.6 Å². The molecule has 0 fully saturated rings. The van der Waals surface area contributed by atoms with E-state index >= 15 is 0 Å². The second-order valence-electron chi connectivity index (χ2n) is 3.65. The van der Waals surface area contributed by atoms with Gasteiger partial charge >= 0.3 is 5.97 Å². The van der Waals surface area contributed by atoms with Gasteiger partial charge in [0.25, 0.3) is 0 Å². The fraction of sp³-hybridized carbons (Fsp3) is 0.308. The van der Waals surface area contributed by atoms with Gasteiger partial charge in [-0.15, -0.1) is 0 Å². The summed E-state index contributed by atoms with van der Waals surface area (Å²) < 4.78 is 14.9. The lowest BCUT2D eigenvalue weighted by molar-refractivity contribution is -0.133. The van der Waals surface area contributed by atoms with Crippen LogP contribution in [0.25, 0.3) is 5.57 Å². The molecule has 0 amide bonds. The molecule has 0 atom stereocenters. The van der Waals surface area contributed by atoms with Gasteiger partial charge in [-0.2, -0.15) is 0 Å². The Bertz CT molecular complexity index is 488. The highest BCUT2D eigenvalue weighted by molar-refractivity contribution is 6.36. The summed E-state index contributed by atoms with van der Waals surface area (Å²) in [6.45, 7) is 4.40. The van der Waals surface area contributed by atoms with Gasteiger partial charge < -0.3 is 19.9 Å². The highest BCUT2D eigenvalue weighted by atomic mass is 35.5. The first kappa shape index (κ1) is 15.3. The van der Waals surface area contributed by atoms with E-state index < -0.39 is 5.97 Å². The minimum absolute atomic E-state index is 0.0854. The zero-order valence-electron chi connectivity index (χ0n) is 10.9. The van der Waals surface area contributed by atoms with Crippen LogP contribution in [-0.4, -0.2) is 33.4 Å². The summed E-state index contributed by atoms with van der Waals surface area (Å²) in [6, 6.07) is 3.22. The SMILES string of the molecule is C=C(C(=O)OC)c1c(N)ccc(OCCOC)c1Cl. The van der Waals surface area contributed by atoms with E-state index in [0.717, 1.165) is 0 Å². The molecule has 0 aliphatic carbocycles. The molecule has 0 saturated heterocycles. The van der Waals surface area contributed by atoms with Gasteiger partial charge in [0.2, 0.25) is 0 Å². The van der Waals surface area contributed by atoms with Crippen molar-refractivity contribution in [3.05, 3.63) is 29.3 Å². The molecule has 19 heavy (non-hydrogen) atoms. The first-order valence-electron chi connectivity index (χ1n) is 5.50. The summed E-state index contributed by atoms with van der Waals surface area (Å²) in [5, 5.41) is 0.228. The number of halogens is 1. The average molecular weight is 286 g/mol. The van der Waals surface area contributed by atoms with E-state index in [1.165, 1.54) is 7.11 Å². The van der Waals surface area contributed by atoms with Gasteiger partial charge in [-0.3, -0.25) is 0 Å². The first-order chi connectivity index (χ1) is 9.02. The molecular formula is C13H16ClNO4. The largest absolute Gasteiger partial charge is 0.490 e. The number of anilines is 1. The number of carbonyl (C=O) groups excluding carboxylic acids is 1. The van der Waals surface area contributed by atoms with Crippen molar-refractivity contribution in [3.63, 3.8) is 0 Å². The second-order valence-corrected chi connectivity index (χ2v) is 4.03. The number of hydrogen-bond acceptors (Lipinski definition) is 5. The lowest BCUT2D eigenvalue weighted by atomic mass is 10.0. The molecule has 0 heterocycles. The van der Waals surface area contributed by atoms with Crippen LogP contribution in [0.4, 0.5) is 5.69 Å². The van der Waals surface area contributed by atoms with Crippen molar-refractivity contribution in [3.8, 4) is 5.75 Å². The maximum Gasteiger partial charge on any atom is 0.337 e. The molecule has 0 saturated carbocycles. The van der Waals surface area contributed by atoms with E-state index in [9.17, 15) is 4.79 Å². The van der Waals surface area contributed by atoms with Gasteiger partial charge in [-0.05, 0) is 12.1 Å². The van der Waals surface area contributed by atoms with Gasteiger partial charge in [0, 0.05) is 18.4 Å². The summed E-state index contributed by atoms with van der Waals surface area (Å²) in [5.74, 6) is -0.185. The Balaban J connectivity index is 3.07. The van der Waals surface area contributed by atoms with E-state index in [-0.39, 0.29) is 10.6 Å². The normalized spacial score (nSPS) is 10.1. The Labute approximate surface area is 116 Å². The number of benzene rings is 1. The highest BCUT2D eigenvalue weighted by Gasteiger charge is 2.19. The fourth-order valence-electron chi connectivity index (χ4n) is 1.45. The quantitative estimate of drug-likeness (QED) is 0.375. The number of rotatable bonds is 6. The Morgan fingerprint density at radius 2 is 2.05 bits per heavy atom. The molecule has 1 aromatic carbocycles. The lowest BCUT2D eigenvalue weighted by Crippen LogP contribution is -2.08. The molecule has 0 spiro atoms. The molecular weight excluding hydrogens is 270 g/mol. The second kappa shape index (κ2) is 7.01. The predicted octanol–water partition coefficient (Wildman–Crippen LogP) is 2.13. The van der Waals surface area contributed by atoms with Gasteiger partial charge in [-0.25, -0.2) is 4.79 Å². The fourth-order valence-corrected chi connectivity index (χ4v) is 1.79. The monoisotopic (exact) mass is 285 g/mol. The lowest BCUT2D eigenvalue weighted by Gasteiger charge is -2.14. The first-order valence-corrected chi connectivity index (χ1v) is 5.88. The summed E-state index contributed by atoms with van der Waals surface area (Å²) in [6.07, 6.45) is 0. The van der Waals surface area contributed by atoms with Crippen molar-refractivity contribution < 1.29 is 19.0 Å². The topological polar surface area (TPSA) is 70.8 Å². The van der Waals surface area contributed by atoms with Crippen LogP contribution in [0.3, 0.4) is 0 Å². The van der Waals surface area contributed by atoms with Crippen LogP contribution in [-0.2, 0) is 14.3 Å². The molecule has 0 bridgehead atoms. The Morgan fingerprint density at radius 1 is 1.37 bits per heavy atom. The molecule has 6 heteroatoms. The van der Waals surface area contributed by atoms with Crippen LogP contribution < -0.4 is 10.5 Å². The Hall–Kier alpha value is -1.72. The molecule has 5 nitrogen and oxygen atoms in total. The van der Waals surface area contributed by atoms with Crippen molar-refractivity contribution in [2.24, 2.45) is 0 Å². The molecule has 0 aliphatic rings. The summed E-state index contributed by atoms with van der Waals surface area (Å²) in [7, 11) is 2.83. The molecule has 2 N–H and O–H groups in total. The molecule has 0 aromatic heterocycles. The van der Waals surface area contributed by atoms with Gasteiger partial charge in [0.1, 0.15) is 12.4 Å². The van der Waals surface area contributed by atoms with Crippen LogP contribution in [0.15, 0.2) is 18.7 Å². The van der Waals surface area contributed by atoms with Crippen LogP contribution in [0, 0.1) is 0 Å². The predicted molar refractivity (Wildman–Crippen MR) is 74.3 cm³/mol. The number of esters is 1. The number of nitrogen functional groups attached to an aromatic ring is 1. The van der Waals surface area contributed by atoms with Crippen molar-refractivity contribution in [1.29, 1.82) is 0 Å². The van der Waals surface area contributed by atoms with Crippen LogP contribution in [0.1, 0.15) is 5.56 Å². The third-order valence-corrected chi connectivity index (χ3v) is 2.79. The number of ether oxygens (including phenoxy) is 3. The average Bonchev–Trinajstić information content (AvgIpc) is 2.40. The van der Waals surface area contributed by atoms with E-state index in [0.29, 0.717) is 30.2 Å². The summed E-state index contributed by atoms with van der Waals surface area (Å²) >= 11 is 6.17. The minimum Gasteiger partial charge on any atom is -0.490 e. The molecule has 104 valence electrons. The molecule has 0 unspecified atom stereocenters. The highest BCUT2D eigenvalue weighted by Crippen LogP contribution is 2.36. The maximum atomic E-state index is 11.5. The minimum atomic E-state index is -0.595.